The second-order valence-corrected chi connectivity index (χ2v) is 7.37. The molecule has 7 heteroatoms. The number of hydrogen-bond donors (Lipinski definition) is 0. The average Bonchev–Trinajstić information content (AvgIpc) is 2.61. The van der Waals surface area contributed by atoms with Crippen molar-refractivity contribution in [3.63, 3.8) is 0 Å². The van der Waals surface area contributed by atoms with Gasteiger partial charge in [0, 0.05) is 11.9 Å². The third-order valence-electron chi connectivity index (χ3n) is 3.88. The molecule has 0 N–H and O–H groups in total. The number of allylic oxidation sites excluding steroid dienone is 1. The maximum atomic E-state index is 12.5. The lowest BCUT2D eigenvalue weighted by atomic mass is 10.1. The molecule has 3 rings (SSSR count). The van der Waals surface area contributed by atoms with E-state index in [1.54, 1.807) is 47.4 Å². The molecule has 0 fully saturated rings. The van der Waals surface area contributed by atoms with Crippen molar-refractivity contribution in [3.05, 3.63) is 64.7 Å². The Kier molecular flexibility index (Phi) is 4.07. The Bertz CT molecular complexity index is 1030. The predicted octanol–water partition coefficient (Wildman–Crippen LogP) is 3.07. The van der Waals surface area contributed by atoms with Crippen LogP contribution in [0.15, 0.2) is 58.5 Å². The van der Waals surface area contributed by atoms with Crippen LogP contribution in [0.4, 0.5) is 11.4 Å². The minimum atomic E-state index is -3.83. The molecule has 0 amide bonds. The Balaban J connectivity index is 2.17. The molecule has 25 heavy (non-hydrogen) atoms. The molecule has 2 aromatic carbocycles. The normalized spacial score (nSPS) is 14.9. The highest BCUT2D eigenvalue weighted by atomic mass is 32.2. The Morgan fingerprint density at radius 1 is 1.16 bits per heavy atom. The SMILES string of the molecule is COC(=O)c1ccc(N2C=C(C#N)S(=O)(=O)c3ccc(C)cc32)cc1. The highest BCUT2D eigenvalue weighted by Crippen LogP contribution is 2.39. The third kappa shape index (κ3) is 2.77. The number of fused-ring (bicyclic) bond motifs is 1. The van der Waals surface area contributed by atoms with Gasteiger partial charge in [0.1, 0.15) is 6.07 Å². The fraction of sp³-hybridized carbons (Fsp3) is 0.111. The highest BCUT2D eigenvalue weighted by molar-refractivity contribution is 7.95. The van der Waals surface area contributed by atoms with Crippen LogP contribution >= 0.6 is 0 Å². The van der Waals surface area contributed by atoms with E-state index in [-0.39, 0.29) is 9.80 Å². The number of hydrogen-bond acceptors (Lipinski definition) is 6. The Hall–Kier alpha value is -3.11. The number of rotatable bonds is 2. The van der Waals surface area contributed by atoms with Gasteiger partial charge >= 0.3 is 5.97 Å². The standard InChI is InChI=1S/C18H14N2O4S/c1-12-3-8-17-16(9-12)20(11-15(10-19)25(17,22)23)14-6-4-13(5-7-14)18(21)24-2/h3-9,11H,1-2H3. The molecule has 0 bridgehead atoms. The minimum Gasteiger partial charge on any atom is -0.465 e. The second-order valence-electron chi connectivity index (χ2n) is 5.49. The van der Waals surface area contributed by atoms with E-state index in [1.165, 1.54) is 19.4 Å². The van der Waals surface area contributed by atoms with Crippen LogP contribution in [0.2, 0.25) is 0 Å². The van der Waals surface area contributed by atoms with Gasteiger partial charge in [-0.25, -0.2) is 13.2 Å². The number of benzene rings is 2. The summed E-state index contributed by atoms with van der Waals surface area (Å²) >= 11 is 0. The molecule has 126 valence electrons. The van der Waals surface area contributed by atoms with Crippen LogP contribution in [0.3, 0.4) is 0 Å². The van der Waals surface area contributed by atoms with Crippen molar-refractivity contribution in [2.45, 2.75) is 11.8 Å². The number of sulfone groups is 1. The molecular formula is C18H14N2O4S. The fourth-order valence-electron chi connectivity index (χ4n) is 2.60. The van der Waals surface area contributed by atoms with Gasteiger partial charge in [0.05, 0.1) is 23.3 Å². The van der Waals surface area contributed by atoms with Gasteiger partial charge in [-0.05, 0) is 48.9 Å². The average molecular weight is 354 g/mol. The first-order chi connectivity index (χ1) is 11.9. The molecule has 0 saturated heterocycles. The second kappa shape index (κ2) is 6.07. The molecule has 0 aromatic heterocycles. The third-order valence-corrected chi connectivity index (χ3v) is 5.58. The molecule has 0 radical (unpaired) electrons. The van der Waals surface area contributed by atoms with E-state index in [2.05, 4.69) is 4.74 Å². The molecule has 1 aliphatic heterocycles. The summed E-state index contributed by atoms with van der Waals surface area (Å²) in [6.45, 7) is 1.86. The van der Waals surface area contributed by atoms with Gasteiger partial charge in [-0.2, -0.15) is 5.26 Å². The summed E-state index contributed by atoms with van der Waals surface area (Å²) in [4.78, 5) is 12.9. The minimum absolute atomic E-state index is 0.0780. The number of aryl methyl sites for hydroxylation is 1. The molecule has 1 aliphatic rings. The van der Waals surface area contributed by atoms with E-state index in [0.29, 0.717) is 16.9 Å². The monoisotopic (exact) mass is 354 g/mol. The molecular weight excluding hydrogens is 340 g/mol. The zero-order valence-electron chi connectivity index (χ0n) is 13.6. The van der Waals surface area contributed by atoms with Crippen molar-refractivity contribution in [3.8, 4) is 6.07 Å². The van der Waals surface area contributed by atoms with Crippen LogP contribution in [0.25, 0.3) is 0 Å². The Labute approximate surface area is 145 Å². The van der Waals surface area contributed by atoms with Crippen LogP contribution in [0.5, 0.6) is 0 Å². The molecule has 1 heterocycles. The largest absolute Gasteiger partial charge is 0.465 e. The van der Waals surface area contributed by atoms with Crippen molar-refractivity contribution in [2.75, 3.05) is 12.0 Å². The van der Waals surface area contributed by atoms with E-state index in [1.807, 2.05) is 6.92 Å². The fourth-order valence-corrected chi connectivity index (χ4v) is 3.88. The maximum Gasteiger partial charge on any atom is 0.337 e. The van der Waals surface area contributed by atoms with E-state index in [0.717, 1.165) is 5.56 Å². The van der Waals surface area contributed by atoms with Gasteiger partial charge in [-0.3, -0.25) is 0 Å². The van der Waals surface area contributed by atoms with Gasteiger partial charge in [-0.1, -0.05) is 6.07 Å². The summed E-state index contributed by atoms with van der Waals surface area (Å²) in [5, 5.41) is 9.24. The van der Waals surface area contributed by atoms with Crippen LogP contribution in [-0.4, -0.2) is 21.5 Å². The molecule has 6 nitrogen and oxygen atoms in total. The lowest BCUT2D eigenvalue weighted by molar-refractivity contribution is 0.0600. The van der Waals surface area contributed by atoms with Crippen molar-refractivity contribution in [1.29, 1.82) is 5.26 Å². The maximum absolute atomic E-state index is 12.5. The summed E-state index contributed by atoms with van der Waals surface area (Å²) in [6, 6.07) is 13.2. The zero-order valence-corrected chi connectivity index (χ0v) is 14.4. The lowest BCUT2D eigenvalue weighted by Crippen LogP contribution is -2.21. The van der Waals surface area contributed by atoms with Crippen LogP contribution in [0.1, 0.15) is 15.9 Å². The van der Waals surface area contributed by atoms with E-state index >= 15 is 0 Å². The van der Waals surface area contributed by atoms with Gasteiger partial charge in [-0.15, -0.1) is 0 Å². The van der Waals surface area contributed by atoms with Gasteiger partial charge < -0.3 is 9.64 Å². The summed E-state index contributed by atoms with van der Waals surface area (Å²) < 4.78 is 29.7. The Morgan fingerprint density at radius 2 is 1.84 bits per heavy atom. The first-order valence-electron chi connectivity index (χ1n) is 7.34. The predicted molar refractivity (Wildman–Crippen MR) is 92.0 cm³/mol. The number of esters is 1. The van der Waals surface area contributed by atoms with E-state index in [4.69, 9.17) is 0 Å². The molecule has 0 aliphatic carbocycles. The first-order valence-corrected chi connectivity index (χ1v) is 8.82. The summed E-state index contributed by atoms with van der Waals surface area (Å²) in [6.07, 6.45) is 1.30. The highest BCUT2D eigenvalue weighted by Gasteiger charge is 2.32. The van der Waals surface area contributed by atoms with Crippen LogP contribution in [0, 0.1) is 18.3 Å². The lowest BCUT2D eigenvalue weighted by Gasteiger charge is -2.28. The van der Waals surface area contributed by atoms with Gasteiger partial charge in [0.2, 0.25) is 9.84 Å². The summed E-state index contributed by atoms with van der Waals surface area (Å²) in [5.74, 6) is -0.461. The molecule has 0 spiro atoms. The summed E-state index contributed by atoms with van der Waals surface area (Å²) in [7, 11) is -2.53. The van der Waals surface area contributed by atoms with E-state index < -0.39 is 15.8 Å². The number of carbonyl (C=O) groups is 1. The number of carbonyl (C=O) groups excluding carboxylic acids is 1. The summed E-state index contributed by atoms with van der Waals surface area (Å²) in [5.41, 5.74) is 2.36. The van der Waals surface area contributed by atoms with Crippen LogP contribution < -0.4 is 4.90 Å². The topological polar surface area (TPSA) is 87.5 Å². The molecule has 0 atom stereocenters. The van der Waals surface area contributed by atoms with Crippen molar-refractivity contribution < 1.29 is 17.9 Å². The van der Waals surface area contributed by atoms with E-state index in [9.17, 15) is 18.5 Å². The molecule has 0 saturated carbocycles. The first kappa shape index (κ1) is 16.7. The van der Waals surface area contributed by atoms with Crippen LogP contribution in [-0.2, 0) is 14.6 Å². The molecule has 2 aromatic rings. The quantitative estimate of drug-likeness (QED) is 0.770. The van der Waals surface area contributed by atoms with Crippen molar-refractivity contribution >= 4 is 27.2 Å². The number of methoxy groups -OCH3 is 1. The number of nitrogens with zero attached hydrogens (tertiary/aromatic N) is 2. The zero-order chi connectivity index (χ0) is 18.2. The van der Waals surface area contributed by atoms with Gasteiger partial charge in [0.25, 0.3) is 0 Å². The van der Waals surface area contributed by atoms with Crippen molar-refractivity contribution in [1.82, 2.24) is 0 Å². The number of nitriles is 1. The molecule has 0 unspecified atom stereocenters. The van der Waals surface area contributed by atoms with Gasteiger partial charge in [0.15, 0.2) is 4.91 Å². The number of anilines is 2. The van der Waals surface area contributed by atoms with Crippen molar-refractivity contribution in [2.24, 2.45) is 0 Å². The number of ether oxygens (including phenoxy) is 1. The smallest absolute Gasteiger partial charge is 0.337 e. The Morgan fingerprint density at radius 3 is 2.44 bits per heavy atom.